The van der Waals surface area contributed by atoms with Crippen molar-refractivity contribution in [1.29, 1.82) is 0 Å². The fourth-order valence-electron chi connectivity index (χ4n) is 1.38. The first-order valence-electron chi connectivity index (χ1n) is 4.94. The molecule has 0 saturated heterocycles. The number of benzene rings is 2. The summed E-state index contributed by atoms with van der Waals surface area (Å²) in [5.41, 5.74) is -0.748. The van der Waals surface area contributed by atoms with Crippen molar-refractivity contribution in [2.24, 2.45) is 0 Å². The second-order valence-corrected chi connectivity index (χ2v) is 3.40. The summed E-state index contributed by atoms with van der Waals surface area (Å²) in [5.74, 6) is -1.49. The molecule has 0 fully saturated rings. The van der Waals surface area contributed by atoms with E-state index in [1.807, 2.05) is 0 Å². The molecule has 0 aromatic heterocycles. The van der Waals surface area contributed by atoms with Gasteiger partial charge in [-0.1, -0.05) is 6.07 Å². The second-order valence-electron chi connectivity index (χ2n) is 3.40. The Morgan fingerprint density at radius 3 is 2.33 bits per heavy atom. The van der Waals surface area contributed by atoms with Gasteiger partial charge >= 0.3 is 5.69 Å². The molecule has 0 N–H and O–H groups in total. The van der Waals surface area contributed by atoms with Crippen LogP contribution in [0, 0.1) is 21.7 Å². The second kappa shape index (κ2) is 4.79. The van der Waals surface area contributed by atoms with Crippen LogP contribution in [-0.2, 0) is 0 Å². The van der Waals surface area contributed by atoms with Crippen molar-refractivity contribution in [3.05, 3.63) is 64.2 Å². The SMILES string of the molecule is O=[N+]([O-])c1c(F)cccc1Oc1ccc(F)cc1. The molecule has 0 aliphatic carbocycles. The summed E-state index contributed by atoms with van der Waals surface area (Å²) in [6.07, 6.45) is 0. The molecule has 92 valence electrons. The quantitative estimate of drug-likeness (QED) is 0.617. The highest BCUT2D eigenvalue weighted by molar-refractivity contribution is 5.49. The topological polar surface area (TPSA) is 52.4 Å². The molecule has 2 rings (SSSR count). The summed E-state index contributed by atoms with van der Waals surface area (Å²) in [4.78, 5) is 9.85. The summed E-state index contributed by atoms with van der Waals surface area (Å²) >= 11 is 0. The predicted octanol–water partition coefficient (Wildman–Crippen LogP) is 3.67. The lowest BCUT2D eigenvalue weighted by molar-refractivity contribution is -0.388. The minimum Gasteiger partial charge on any atom is -0.450 e. The zero-order chi connectivity index (χ0) is 13.1. The number of hydrogen-bond acceptors (Lipinski definition) is 3. The molecule has 0 radical (unpaired) electrons. The Morgan fingerprint density at radius 1 is 1.06 bits per heavy atom. The minimum absolute atomic E-state index is 0.185. The van der Waals surface area contributed by atoms with Gasteiger partial charge in [-0.2, -0.15) is 4.39 Å². The van der Waals surface area contributed by atoms with E-state index in [-0.39, 0.29) is 11.5 Å². The molecule has 0 atom stereocenters. The summed E-state index contributed by atoms with van der Waals surface area (Å²) < 4.78 is 31.1. The molecule has 0 aliphatic heterocycles. The molecular formula is C12H7F2NO3. The zero-order valence-electron chi connectivity index (χ0n) is 8.97. The molecule has 18 heavy (non-hydrogen) atoms. The molecule has 0 unspecified atom stereocenters. The van der Waals surface area contributed by atoms with Gasteiger partial charge in [0.2, 0.25) is 11.6 Å². The van der Waals surface area contributed by atoms with Crippen molar-refractivity contribution >= 4 is 5.69 Å². The van der Waals surface area contributed by atoms with Crippen LogP contribution in [0.1, 0.15) is 0 Å². The van der Waals surface area contributed by atoms with Crippen LogP contribution in [0.5, 0.6) is 11.5 Å². The van der Waals surface area contributed by atoms with Crippen LogP contribution in [0.4, 0.5) is 14.5 Å². The van der Waals surface area contributed by atoms with Crippen molar-refractivity contribution in [2.75, 3.05) is 0 Å². The average molecular weight is 251 g/mol. The molecule has 0 bridgehead atoms. The summed E-state index contributed by atoms with van der Waals surface area (Å²) in [7, 11) is 0. The van der Waals surface area contributed by atoms with Gasteiger partial charge in [-0.15, -0.1) is 0 Å². The van der Waals surface area contributed by atoms with Gasteiger partial charge in [0.05, 0.1) is 4.92 Å². The first kappa shape index (κ1) is 12.0. The highest BCUT2D eigenvalue weighted by Crippen LogP contribution is 2.33. The van der Waals surface area contributed by atoms with Crippen LogP contribution in [0.2, 0.25) is 0 Å². The van der Waals surface area contributed by atoms with Gasteiger partial charge in [-0.25, -0.2) is 4.39 Å². The molecule has 4 nitrogen and oxygen atoms in total. The number of hydrogen-bond donors (Lipinski definition) is 0. The van der Waals surface area contributed by atoms with Crippen molar-refractivity contribution in [3.8, 4) is 11.5 Å². The van der Waals surface area contributed by atoms with Crippen LogP contribution >= 0.6 is 0 Å². The normalized spacial score (nSPS) is 10.1. The Morgan fingerprint density at radius 2 is 1.72 bits per heavy atom. The van der Waals surface area contributed by atoms with Crippen molar-refractivity contribution < 1.29 is 18.4 Å². The van der Waals surface area contributed by atoms with E-state index in [2.05, 4.69) is 0 Å². The lowest BCUT2D eigenvalue weighted by Gasteiger charge is -2.06. The molecule has 0 spiro atoms. The van der Waals surface area contributed by atoms with Crippen LogP contribution in [0.3, 0.4) is 0 Å². The van der Waals surface area contributed by atoms with E-state index in [9.17, 15) is 18.9 Å². The van der Waals surface area contributed by atoms with Gasteiger partial charge in [-0.3, -0.25) is 10.1 Å². The molecule has 0 heterocycles. The number of nitro groups is 1. The van der Waals surface area contributed by atoms with E-state index in [1.54, 1.807) is 0 Å². The first-order valence-corrected chi connectivity index (χ1v) is 4.94. The molecule has 0 amide bonds. The maximum absolute atomic E-state index is 13.3. The molecular weight excluding hydrogens is 244 g/mol. The number of nitro benzene ring substituents is 1. The lowest BCUT2D eigenvalue weighted by Crippen LogP contribution is -1.96. The fourth-order valence-corrected chi connectivity index (χ4v) is 1.38. The number of halogens is 2. The van der Waals surface area contributed by atoms with Crippen molar-refractivity contribution in [2.45, 2.75) is 0 Å². The number of rotatable bonds is 3. The van der Waals surface area contributed by atoms with Crippen molar-refractivity contribution in [3.63, 3.8) is 0 Å². The van der Waals surface area contributed by atoms with E-state index in [4.69, 9.17) is 4.74 Å². The van der Waals surface area contributed by atoms with E-state index in [1.165, 1.54) is 24.3 Å². The van der Waals surface area contributed by atoms with Crippen LogP contribution in [0.15, 0.2) is 42.5 Å². The molecule has 0 aliphatic rings. The number of para-hydroxylation sites is 1. The maximum Gasteiger partial charge on any atom is 0.346 e. The van der Waals surface area contributed by atoms with Crippen LogP contribution in [-0.4, -0.2) is 4.92 Å². The Bertz CT molecular complexity index is 584. The molecule has 0 saturated carbocycles. The highest BCUT2D eigenvalue weighted by atomic mass is 19.1. The van der Waals surface area contributed by atoms with Crippen LogP contribution in [0.25, 0.3) is 0 Å². The van der Waals surface area contributed by atoms with E-state index >= 15 is 0 Å². The van der Waals surface area contributed by atoms with Gasteiger partial charge in [0.25, 0.3) is 0 Å². The highest BCUT2D eigenvalue weighted by Gasteiger charge is 2.21. The Balaban J connectivity index is 2.37. The Kier molecular flexibility index (Phi) is 3.18. The van der Waals surface area contributed by atoms with Gasteiger partial charge < -0.3 is 4.74 Å². The summed E-state index contributed by atoms with van der Waals surface area (Å²) in [5, 5.41) is 10.7. The van der Waals surface area contributed by atoms with E-state index < -0.39 is 22.2 Å². The predicted molar refractivity (Wildman–Crippen MR) is 59.5 cm³/mol. The third-order valence-corrected chi connectivity index (χ3v) is 2.17. The lowest BCUT2D eigenvalue weighted by atomic mass is 10.3. The van der Waals surface area contributed by atoms with Crippen molar-refractivity contribution in [1.82, 2.24) is 0 Å². The maximum atomic E-state index is 13.3. The summed E-state index contributed by atoms with van der Waals surface area (Å²) in [6, 6.07) is 8.40. The monoisotopic (exact) mass is 251 g/mol. The molecule has 2 aromatic carbocycles. The molecule has 2 aromatic rings. The van der Waals surface area contributed by atoms with Gasteiger partial charge in [0.1, 0.15) is 11.6 Å². The Hall–Kier alpha value is -2.50. The third kappa shape index (κ3) is 2.42. The zero-order valence-corrected chi connectivity index (χ0v) is 8.97. The Labute approximate surface area is 101 Å². The van der Waals surface area contributed by atoms with Crippen LogP contribution < -0.4 is 4.74 Å². The van der Waals surface area contributed by atoms with Gasteiger partial charge in [0, 0.05) is 0 Å². The smallest absolute Gasteiger partial charge is 0.346 e. The largest absolute Gasteiger partial charge is 0.450 e. The average Bonchev–Trinajstić information content (AvgIpc) is 2.32. The number of nitrogens with zero attached hydrogens (tertiary/aromatic N) is 1. The van der Waals surface area contributed by atoms with Gasteiger partial charge in [-0.05, 0) is 36.4 Å². The van der Waals surface area contributed by atoms with E-state index in [0.29, 0.717) is 0 Å². The van der Waals surface area contributed by atoms with Gasteiger partial charge in [0.15, 0.2) is 0 Å². The first-order chi connectivity index (χ1) is 8.58. The molecule has 6 heteroatoms. The minimum atomic E-state index is -0.986. The number of ether oxygens (including phenoxy) is 1. The standard InChI is InChI=1S/C12H7F2NO3/c13-8-4-6-9(7-5-8)18-11-3-1-2-10(14)12(11)15(16)17/h1-7H. The third-order valence-electron chi connectivity index (χ3n) is 2.17. The summed E-state index contributed by atoms with van der Waals surface area (Å²) in [6.45, 7) is 0. The fraction of sp³-hybridized carbons (Fsp3) is 0. The van der Waals surface area contributed by atoms with E-state index in [0.717, 1.165) is 18.2 Å².